The highest BCUT2D eigenvalue weighted by atomic mass is 16.5. The molecule has 1 aliphatic heterocycles. The number of hydrogen-bond donors (Lipinski definition) is 1. The number of rotatable bonds is 5. The number of nitrogens with two attached hydrogens (primary N) is 1. The van der Waals surface area contributed by atoms with Crippen LogP contribution in [0.3, 0.4) is 0 Å². The summed E-state index contributed by atoms with van der Waals surface area (Å²) in [6.07, 6.45) is 0.494. The van der Waals surface area contributed by atoms with Gasteiger partial charge in [-0.1, -0.05) is 17.7 Å². The van der Waals surface area contributed by atoms with Crippen molar-refractivity contribution >= 4 is 11.8 Å². The average Bonchev–Trinajstić information content (AvgIpc) is 2.74. The molecule has 1 atom stereocenters. The van der Waals surface area contributed by atoms with Crippen molar-refractivity contribution in [2.45, 2.75) is 46.3 Å². The Bertz CT molecular complexity index is 553. The van der Waals surface area contributed by atoms with Crippen LogP contribution in [-0.4, -0.2) is 29.4 Å². The van der Waals surface area contributed by atoms with E-state index in [0.29, 0.717) is 19.4 Å². The number of nitrogens with zero attached hydrogens (tertiary/aromatic N) is 1. The third-order valence-electron chi connectivity index (χ3n) is 3.63. The monoisotopic (exact) mass is 290 g/mol. The minimum atomic E-state index is -0.116. The standard InChI is InChI=1S/C16H22N2O3/c1-10-6-11(2)16(21-12(3)8-17)13(7-10)9-18-14(19)4-5-15(18)20/h6-7,12H,4-5,8-9,17H2,1-3H3. The summed E-state index contributed by atoms with van der Waals surface area (Å²) in [6, 6.07) is 3.99. The average molecular weight is 290 g/mol. The lowest BCUT2D eigenvalue weighted by atomic mass is 10.0. The normalized spacial score (nSPS) is 16.5. The van der Waals surface area contributed by atoms with Gasteiger partial charge in [0, 0.05) is 24.9 Å². The summed E-state index contributed by atoms with van der Waals surface area (Å²) in [6.45, 7) is 6.53. The number of hydrogen-bond acceptors (Lipinski definition) is 4. The molecule has 0 saturated carbocycles. The van der Waals surface area contributed by atoms with Crippen molar-refractivity contribution in [3.05, 3.63) is 28.8 Å². The van der Waals surface area contributed by atoms with Crippen molar-refractivity contribution < 1.29 is 14.3 Å². The molecule has 1 aromatic rings. The molecule has 0 aromatic heterocycles. The third kappa shape index (κ3) is 3.42. The number of aryl methyl sites for hydroxylation is 2. The lowest BCUT2D eigenvalue weighted by molar-refractivity contribution is -0.139. The first-order valence-corrected chi connectivity index (χ1v) is 7.22. The van der Waals surface area contributed by atoms with Gasteiger partial charge in [-0.05, 0) is 26.3 Å². The molecule has 1 saturated heterocycles. The number of amides is 2. The van der Waals surface area contributed by atoms with E-state index >= 15 is 0 Å². The highest BCUT2D eigenvalue weighted by Crippen LogP contribution is 2.29. The topological polar surface area (TPSA) is 72.6 Å². The van der Waals surface area contributed by atoms with Gasteiger partial charge in [-0.3, -0.25) is 14.5 Å². The largest absolute Gasteiger partial charge is 0.489 e. The number of carbonyl (C=O) groups excluding carboxylic acids is 2. The summed E-state index contributed by atoms with van der Waals surface area (Å²) in [5, 5.41) is 0. The van der Waals surface area contributed by atoms with Crippen LogP contribution >= 0.6 is 0 Å². The first-order chi connectivity index (χ1) is 9.92. The molecule has 1 unspecified atom stereocenters. The van der Waals surface area contributed by atoms with E-state index in [1.807, 2.05) is 32.9 Å². The van der Waals surface area contributed by atoms with E-state index in [4.69, 9.17) is 10.5 Å². The Hall–Kier alpha value is -1.88. The maximum Gasteiger partial charge on any atom is 0.230 e. The van der Waals surface area contributed by atoms with Crippen LogP contribution in [0.1, 0.15) is 36.5 Å². The summed E-state index contributed by atoms with van der Waals surface area (Å²) in [7, 11) is 0. The molecule has 21 heavy (non-hydrogen) atoms. The van der Waals surface area contributed by atoms with Gasteiger partial charge in [-0.2, -0.15) is 0 Å². The summed E-state index contributed by atoms with van der Waals surface area (Å²) < 4.78 is 5.89. The zero-order chi connectivity index (χ0) is 15.6. The molecule has 1 heterocycles. The lowest BCUT2D eigenvalue weighted by Gasteiger charge is -2.22. The van der Waals surface area contributed by atoms with Crippen LogP contribution < -0.4 is 10.5 Å². The first-order valence-electron chi connectivity index (χ1n) is 7.22. The Balaban J connectivity index is 2.32. The fourth-order valence-electron chi connectivity index (χ4n) is 2.55. The second-order valence-corrected chi connectivity index (χ2v) is 5.61. The predicted octanol–water partition coefficient (Wildman–Crippen LogP) is 1.68. The SMILES string of the molecule is Cc1cc(C)c(OC(C)CN)c(CN2C(=O)CCC2=O)c1. The van der Waals surface area contributed by atoms with Crippen molar-refractivity contribution in [3.63, 3.8) is 0 Å². The van der Waals surface area contributed by atoms with Gasteiger partial charge >= 0.3 is 0 Å². The first kappa shape index (κ1) is 15.5. The quantitative estimate of drug-likeness (QED) is 0.837. The van der Waals surface area contributed by atoms with Crippen molar-refractivity contribution in [1.29, 1.82) is 0 Å². The van der Waals surface area contributed by atoms with Gasteiger partial charge in [0.25, 0.3) is 0 Å². The van der Waals surface area contributed by atoms with Gasteiger partial charge in [0.15, 0.2) is 0 Å². The Kier molecular flexibility index (Phi) is 4.63. The molecule has 1 aliphatic rings. The molecule has 114 valence electrons. The number of benzene rings is 1. The highest BCUT2D eigenvalue weighted by molar-refractivity contribution is 6.01. The summed E-state index contributed by atoms with van der Waals surface area (Å²) in [5.41, 5.74) is 8.54. The molecule has 0 aliphatic carbocycles. The Morgan fingerprint density at radius 3 is 2.43 bits per heavy atom. The van der Waals surface area contributed by atoms with Crippen LogP contribution in [0.15, 0.2) is 12.1 Å². The second-order valence-electron chi connectivity index (χ2n) is 5.61. The zero-order valence-corrected chi connectivity index (χ0v) is 12.8. The zero-order valence-electron chi connectivity index (χ0n) is 12.8. The Labute approximate surface area is 125 Å². The van der Waals surface area contributed by atoms with Crippen LogP contribution in [0.4, 0.5) is 0 Å². The fraction of sp³-hybridized carbons (Fsp3) is 0.500. The summed E-state index contributed by atoms with van der Waals surface area (Å²) in [4.78, 5) is 24.9. The van der Waals surface area contributed by atoms with E-state index < -0.39 is 0 Å². The van der Waals surface area contributed by atoms with Crippen molar-refractivity contribution in [1.82, 2.24) is 4.90 Å². The van der Waals surface area contributed by atoms with E-state index in [1.165, 1.54) is 4.90 Å². The van der Waals surface area contributed by atoms with Crippen molar-refractivity contribution in [3.8, 4) is 5.75 Å². The minimum Gasteiger partial charge on any atom is -0.489 e. The molecule has 5 nitrogen and oxygen atoms in total. The number of ether oxygens (including phenoxy) is 1. The second kappa shape index (κ2) is 6.26. The molecular formula is C16H22N2O3. The van der Waals surface area contributed by atoms with Gasteiger partial charge < -0.3 is 10.5 Å². The third-order valence-corrected chi connectivity index (χ3v) is 3.63. The van der Waals surface area contributed by atoms with E-state index in [-0.39, 0.29) is 24.5 Å². The molecule has 2 amide bonds. The molecule has 0 spiro atoms. The molecule has 1 aromatic carbocycles. The van der Waals surface area contributed by atoms with E-state index in [9.17, 15) is 9.59 Å². The van der Waals surface area contributed by atoms with Gasteiger partial charge in [-0.15, -0.1) is 0 Å². The van der Waals surface area contributed by atoms with E-state index in [1.54, 1.807) is 0 Å². The fourth-order valence-corrected chi connectivity index (χ4v) is 2.55. The van der Waals surface area contributed by atoms with Crippen molar-refractivity contribution in [2.24, 2.45) is 5.73 Å². The van der Waals surface area contributed by atoms with E-state index in [0.717, 1.165) is 22.4 Å². The van der Waals surface area contributed by atoms with Crippen LogP contribution in [0.2, 0.25) is 0 Å². The molecule has 2 N–H and O–H groups in total. The highest BCUT2D eigenvalue weighted by Gasteiger charge is 2.29. The van der Waals surface area contributed by atoms with Crippen LogP contribution in [0, 0.1) is 13.8 Å². The predicted molar refractivity (Wildman–Crippen MR) is 79.9 cm³/mol. The smallest absolute Gasteiger partial charge is 0.230 e. The molecule has 2 rings (SSSR count). The van der Waals surface area contributed by atoms with Crippen LogP contribution in [0.5, 0.6) is 5.75 Å². The number of carbonyl (C=O) groups is 2. The number of likely N-dealkylation sites (tertiary alicyclic amines) is 1. The molecular weight excluding hydrogens is 268 g/mol. The van der Waals surface area contributed by atoms with Crippen LogP contribution in [0.25, 0.3) is 0 Å². The van der Waals surface area contributed by atoms with Gasteiger partial charge in [-0.25, -0.2) is 0 Å². The van der Waals surface area contributed by atoms with Crippen molar-refractivity contribution in [2.75, 3.05) is 6.54 Å². The molecule has 0 bridgehead atoms. The van der Waals surface area contributed by atoms with Gasteiger partial charge in [0.2, 0.25) is 11.8 Å². The molecule has 5 heteroatoms. The minimum absolute atomic E-state index is 0.114. The summed E-state index contributed by atoms with van der Waals surface area (Å²) >= 11 is 0. The maximum absolute atomic E-state index is 11.8. The molecule has 1 fully saturated rings. The maximum atomic E-state index is 11.8. The van der Waals surface area contributed by atoms with Gasteiger partial charge in [0.05, 0.1) is 6.54 Å². The molecule has 0 radical (unpaired) electrons. The van der Waals surface area contributed by atoms with E-state index in [2.05, 4.69) is 0 Å². The Morgan fingerprint density at radius 2 is 1.86 bits per heavy atom. The Morgan fingerprint density at radius 1 is 1.24 bits per heavy atom. The van der Waals surface area contributed by atoms with Gasteiger partial charge in [0.1, 0.15) is 11.9 Å². The van der Waals surface area contributed by atoms with Crippen LogP contribution in [-0.2, 0) is 16.1 Å². The summed E-state index contributed by atoms with van der Waals surface area (Å²) in [5.74, 6) is 0.500. The number of imide groups is 1. The lowest BCUT2D eigenvalue weighted by Crippen LogP contribution is -2.29.